The summed E-state index contributed by atoms with van der Waals surface area (Å²) in [7, 11) is 0. The highest BCUT2D eigenvalue weighted by Crippen LogP contribution is 2.59. The maximum atomic E-state index is 2.54. The van der Waals surface area contributed by atoms with Crippen molar-refractivity contribution in [3.05, 3.63) is 289 Å². The molecule has 0 aliphatic heterocycles. The van der Waals surface area contributed by atoms with Crippen molar-refractivity contribution in [1.29, 1.82) is 0 Å². The predicted octanol–water partition coefficient (Wildman–Crippen LogP) is 18.5. The largest absolute Gasteiger partial charge is 0.310 e. The lowest BCUT2D eigenvalue weighted by Gasteiger charge is -2.34. The first-order chi connectivity index (χ1) is 34.1. The number of anilines is 6. The Morgan fingerprint density at radius 1 is 0.319 bits per heavy atom. The van der Waals surface area contributed by atoms with Crippen LogP contribution in [-0.4, -0.2) is 0 Å². The molecule has 1 unspecified atom stereocenters. The molecule has 0 bridgehead atoms. The Kier molecular flexibility index (Phi) is 9.85. The molecule has 2 nitrogen and oxygen atoms in total. The number of nitrogens with zero attached hydrogens (tertiary/aromatic N) is 2. The Bertz CT molecular complexity index is 3810. The lowest BCUT2D eigenvalue weighted by atomic mass is 9.67. The second kappa shape index (κ2) is 16.7. The molecule has 0 saturated carbocycles. The van der Waals surface area contributed by atoms with Crippen molar-refractivity contribution in [1.82, 2.24) is 0 Å². The fourth-order valence-electron chi connectivity index (χ4n) is 11.1. The molecule has 1 aliphatic rings. The van der Waals surface area contributed by atoms with Crippen LogP contribution in [0.3, 0.4) is 0 Å². The van der Waals surface area contributed by atoms with Gasteiger partial charge in [-0.3, -0.25) is 0 Å². The lowest BCUT2D eigenvalue weighted by molar-refractivity contribution is 0.769. The van der Waals surface area contributed by atoms with E-state index in [0.717, 1.165) is 39.7 Å². The van der Waals surface area contributed by atoms with Crippen LogP contribution in [0.4, 0.5) is 34.1 Å². The molecule has 0 N–H and O–H groups in total. The number of hydrogen-bond acceptors (Lipinski definition) is 3. The maximum absolute atomic E-state index is 2.54. The molecule has 0 spiro atoms. The van der Waals surface area contributed by atoms with E-state index in [0.29, 0.717) is 0 Å². The van der Waals surface area contributed by atoms with Crippen LogP contribution < -0.4 is 9.80 Å². The molecule has 69 heavy (non-hydrogen) atoms. The third kappa shape index (κ3) is 6.69. The predicted molar refractivity (Wildman–Crippen MR) is 294 cm³/mol. The van der Waals surface area contributed by atoms with Gasteiger partial charge in [-0.15, -0.1) is 11.3 Å². The number of aryl methyl sites for hydroxylation is 1. The van der Waals surface area contributed by atoms with Crippen LogP contribution in [0.25, 0.3) is 53.2 Å². The summed E-state index contributed by atoms with van der Waals surface area (Å²) in [5.74, 6) is 0. The summed E-state index contributed by atoms with van der Waals surface area (Å²) in [5.41, 5.74) is 17.1. The van der Waals surface area contributed by atoms with E-state index in [2.05, 4.69) is 278 Å². The first kappa shape index (κ1) is 40.7. The summed E-state index contributed by atoms with van der Waals surface area (Å²) in [6.45, 7) is 2.18. The molecule has 0 amide bonds. The van der Waals surface area contributed by atoms with Crippen molar-refractivity contribution in [2.75, 3.05) is 9.80 Å². The van der Waals surface area contributed by atoms with Crippen molar-refractivity contribution in [2.45, 2.75) is 12.3 Å². The van der Waals surface area contributed by atoms with Gasteiger partial charge in [0.2, 0.25) is 0 Å². The van der Waals surface area contributed by atoms with Gasteiger partial charge in [0.05, 0.1) is 5.41 Å². The number of para-hydroxylation sites is 3. The van der Waals surface area contributed by atoms with Crippen LogP contribution >= 0.6 is 11.3 Å². The van der Waals surface area contributed by atoms with Crippen molar-refractivity contribution in [3.63, 3.8) is 0 Å². The highest BCUT2D eigenvalue weighted by molar-refractivity contribution is 7.25. The first-order valence-electron chi connectivity index (χ1n) is 23.7. The molecular weight excluding hydrogens is 853 g/mol. The summed E-state index contributed by atoms with van der Waals surface area (Å²) in [6.07, 6.45) is 0. The van der Waals surface area contributed by atoms with E-state index >= 15 is 0 Å². The Morgan fingerprint density at radius 2 is 0.826 bits per heavy atom. The topological polar surface area (TPSA) is 6.48 Å². The SMILES string of the molecule is Cc1ccc(C2(c3ccccc3)c3ccccc3-c3c2cc(-c2cc(N(c4ccccc4)c4ccccc4)cc(N(c4ccccc4)c4ccc5c(c4)sc4ccccc45)c2)c2ccccc32)cc1. The van der Waals surface area contributed by atoms with Gasteiger partial charge in [-0.2, -0.15) is 0 Å². The van der Waals surface area contributed by atoms with Crippen LogP contribution in [0.1, 0.15) is 27.8 Å². The summed E-state index contributed by atoms with van der Waals surface area (Å²) in [5, 5.41) is 5.03. The van der Waals surface area contributed by atoms with Crippen LogP contribution in [0.2, 0.25) is 0 Å². The average Bonchev–Trinajstić information content (AvgIpc) is 3.93. The minimum Gasteiger partial charge on any atom is -0.310 e. The molecule has 1 aliphatic carbocycles. The Morgan fingerprint density at radius 3 is 1.48 bits per heavy atom. The molecule has 11 aromatic carbocycles. The zero-order chi connectivity index (χ0) is 45.9. The van der Waals surface area contributed by atoms with Gasteiger partial charge in [-0.05, 0) is 141 Å². The second-order valence-corrected chi connectivity index (χ2v) is 19.2. The van der Waals surface area contributed by atoms with E-state index in [1.54, 1.807) is 0 Å². The molecule has 3 heteroatoms. The minimum atomic E-state index is -0.573. The van der Waals surface area contributed by atoms with Gasteiger partial charge in [0.15, 0.2) is 0 Å². The molecule has 1 heterocycles. The third-order valence-electron chi connectivity index (χ3n) is 14.1. The molecular formula is C66H46N2S. The summed E-state index contributed by atoms with van der Waals surface area (Å²) >= 11 is 1.86. The molecule has 0 saturated heterocycles. The van der Waals surface area contributed by atoms with Crippen molar-refractivity contribution in [2.24, 2.45) is 0 Å². The fraction of sp³-hybridized carbons (Fsp3) is 0.0303. The third-order valence-corrected chi connectivity index (χ3v) is 15.3. The van der Waals surface area contributed by atoms with E-state index in [4.69, 9.17) is 0 Å². The van der Waals surface area contributed by atoms with Crippen molar-refractivity contribution in [3.8, 4) is 22.3 Å². The Hall–Kier alpha value is -8.50. The number of thiophene rings is 1. The van der Waals surface area contributed by atoms with Crippen LogP contribution in [0.15, 0.2) is 261 Å². The van der Waals surface area contributed by atoms with Gasteiger partial charge < -0.3 is 9.80 Å². The monoisotopic (exact) mass is 898 g/mol. The van der Waals surface area contributed by atoms with Crippen LogP contribution in [-0.2, 0) is 5.41 Å². The summed E-state index contributed by atoms with van der Waals surface area (Å²) in [4.78, 5) is 4.84. The molecule has 12 aromatic rings. The first-order valence-corrected chi connectivity index (χ1v) is 24.6. The van der Waals surface area contributed by atoms with Gasteiger partial charge in [0.1, 0.15) is 0 Å². The van der Waals surface area contributed by atoms with E-state index < -0.39 is 5.41 Å². The van der Waals surface area contributed by atoms with Crippen LogP contribution in [0, 0.1) is 6.92 Å². The molecule has 326 valence electrons. The van der Waals surface area contributed by atoms with E-state index in [-0.39, 0.29) is 0 Å². The minimum absolute atomic E-state index is 0.573. The van der Waals surface area contributed by atoms with E-state index in [1.165, 1.54) is 75.5 Å². The summed E-state index contributed by atoms with van der Waals surface area (Å²) in [6, 6.07) is 96.5. The van der Waals surface area contributed by atoms with E-state index in [9.17, 15) is 0 Å². The highest BCUT2D eigenvalue weighted by Gasteiger charge is 2.47. The maximum Gasteiger partial charge on any atom is 0.0714 e. The lowest BCUT2D eigenvalue weighted by Crippen LogP contribution is -2.28. The average molecular weight is 899 g/mol. The zero-order valence-electron chi connectivity index (χ0n) is 38.1. The van der Waals surface area contributed by atoms with Gasteiger partial charge >= 0.3 is 0 Å². The van der Waals surface area contributed by atoms with Crippen molar-refractivity contribution >= 4 is 76.4 Å². The molecule has 0 radical (unpaired) electrons. The van der Waals surface area contributed by atoms with Crippen LogP contribution in [0.5, 0.6) is 0 Å². The Labute approximate surface area is 407 Å². The van der Waals surface area contributed by atoms with Gasteiger partial charge in [0, 0.05) is 54.3 Å². The highest BCUT2D eigenvalue weighted by atomic mass is 32.1. The van der Waals surface area contributed by atoms with Gasteiger partial charge in [-0.25, -0.2) is 0 Å². The number of rotatable bonds is 9. The Balaban J connectivity index is 1.14. The standard InChI is InChI=1S/C66H46N2S/c1-45-34-36-48(37-35-45)66(47-20-6-2-7-21-47)61-32-18-16-31-59(61)65-58-30-15-14-28-55(58)60(44-62(65)66)46-40-53(67(49-22-8-3-9-23-49)50-24-10-4-11-25-50)42-54(41-46)68(51-26-12-5-13-27-51)52-38-39-57-56-29-17-19-33-63(56)69-64(57)43-52/h2-44H,1H3. The second-order valence-electron chi connectivity index (χ2n) is 18.1. The normalized spacial score (nSPS) is 13.9. The molecule has 0 fully saturated rings. The van der Waals surface area contributed by atoms with Crippen molar-refractivity contribution < 1.29 is 0 Å². The molecule has 1 atom stereocenters. The number of benzene rings is 11. The van der Waals surface area contributed by atoms with E-state index in [1.807, 2.05) is 11.3 Å². The fourth-order valence-corrected chi connectivity index (χ4v) is 12.3. The molecule has 13 rings (SSSR count). The van der Waals surface area contributed by atoms with Gasteiger partial charge in [-0.1, -0.05) is 188 Å². The molecule has 1 aromatic heterocycles. The summed E-state index contributed by atoms with van der Waals surface area (Å²) < 4.78 is 2.56. The zero-order valence-corrected chi connectivity index (χ0v) is 38.9. The smallest absolute Gasteiger partial charge is 0.0714 e. The van der Waals surface area contributed by atoms with Gasteiger partial charge in [0.25, 0.3) is 0 Å². The quantitative estimate of drug-likeness (QED) is 0.142. The number of hydrogen-bond donors (Lipinski definition) is 0. The number of fused-ring (bicyclic) bond motifs is 8.